The minimum Gasteiger partial charge on any atom is -0.496 e. The van der Waals surface area contributed by atoms with Gasteiger partial charge in [0.2, 0.25) is 0 Å². The molecule has 0 saturated carbocycles. The molecule has 0 aliphatic carbocycles. The molecule has 1 heterocycles. The van der Waals surface area contributed by atoms with Crippen LogP contribution in [0.1, 0.15) is 30.4 Å². The van der Waals surface area contributed by atoms with Crippen molar-refractivity contribution in [1.82, 2.24) is 4.90 Å². The van der Waals surface area contributed by atoms with Crippen molar-refractivity contribution >= 4 is 22.6 Å². The molecule has 2 rings (SSSR count). The fourth-order valence-corrected chi connectivity index (χ4v) is 3.30. The summed E-state index contributed by atoms with van der Waals surface area (Å²) >= 11 is 2.37. The van der Waals surface area contributed by atoms with E-state index in [0.29, 0.717) is 5.92 Å². The Balaban J connectivity index is 2.44. The highest BCUT2D eigenvalue weighted by atomic mass is 127. The fraction of sp³-hybridized carbons (Fsp3) is 0.571. The Morgan fingerprint density at radius 1 is 1.47 bits per heavy atom. The number of likely N-dealkylation sites (N-methyl/N-ethyl adjacent to an activating group) is 1. The molecule has 0 fully saturated rings. The molecular formula is C14H20INO. The topological polar surface area (TPSA) is 12.5 Å². The molecule has 17 heavy (non-hydrogen) atoms. The molecule has 3 heteroatoms. The molecule has 0 aromatic heterocycles. The Labute approximate surface area is 117 Å². The van der Waals surface area contributed by atoms with Crippen molar-refractivity contribution in [2.24, 2.45) is 0 Å². The third kappa shape index (κ3) is 2.76. The summed E-state index contributed by atoms with van der Waals surface area (Å²) in [4.78, 5) is 2.44. The van der Waals surface area contributed by atoms with Crippen LogP contribution >= 0.6 is 22.6 Å². The average Bonchev–Trinajstić information content (AvgIpc) is 2.48. The number of ether oxygens (including phenoxy) is 1. The zero-order valence-electron chi connectivity index (χ0n) is 10.8. The lowest BCUT2D eigenvalue weighted by Gasteiger charge is -2.20. The Morgan fingerprint density at radius 3 is 2.88 bits per heavy atom. The molecule has 1 aliphatic heterocycles. The number of hydrogen-bond acceptors (Lipinski definition) is 2. The molecule has 1 aromatic rings. The second-order valence-electron chi connectivity index (χ2n) is 4.80. The van der Waals surface area contributed by atoms with E-state index in [1.807, 2.05) is 0 Å². The van der Waals surface area contributed by atoms with Crippen LogP contribution in [0.5, 0.6) is 5.75 Å². The Hall–Kier alpha value is -0.290. The van der Waals surface area contributed by atoms with E-state index in [1.54, 1.807) is 7.11 Å². The molecule has 1 aromatic carbocycles. The lowest BCUT2D eigenvalue weighted by molar-refractivity contribution is 0.322. The molecule has 2 nitrogen and oxygen atoms in total. The van der Waals surface area contributed by atoms with Crippen molar-refractivity contribution in [1.29, 1.82) is 0 Å². The number of halogens is 1. The molecule has 1 unspecified atom stereocenters. The van der Waals surface area contributed by atoms with Crippen LogP contribution in [0.3, 0.4) is 0 Å². The van der Waals surface area contributed by atoms with Crippen molar-refractivity contribution < 1.29 is 4.74 Å². The van der Waals surface area contributed by atoms with E-state index in [-0.39, 0.29) is 0 Å². The quantitative estimate of drug-likeness (QED) is 0.763. The third-order valence-electron chi connectivity index (χ3n) is 3.64. The van der Waals surface area contributed by atoms with Gasteiger partial charge in [-0.25, -0.2) is 0 Å². The monoisotopic (exact) mass is 345 g/mol. The number of benzene rings is 1. The van der Waals surface area contributed by atoms with E-state index < -0.39 is 0 Å². The van der Waals surface area contributed by atoms with Gasteiger partial charge in [0.1, 0.15) is 5.75 Å². The van der Waals surface area contributed by atoms with Crippen LogP contribution in [0, 0.1) is 3.57 Å². The summed E-state index contributed by atoms with van der Waals surface area (Å²) in [7, 11) is 3.97. The predicted molar refractivity (Wildman–Crippen MR) is 79.9 cm³/mol. The highest BCUT2D eigenvalue weighted by molar-refractivity contribution is 14.1. The normalized spacial score (nSPS) is 20.8. The molecule has 0 radical (unpaired) electrons. The first-order valence-electron chi connectivity index (χ1n) is 6.20. The number of methoxy groups -OCH3 is 1. The van der Waals surface area contributed by atoms with Gasteiger partial charge in [-0.2, -0.15) is 0 Å². The van der Waals surface area contributed by atoms with Crippen molar-refractivity contribution in [3.8, 4) is 5.75 Å². The van der Waals surface area contributed by atoms with E-state index in [0.717, 1.165) is 18.7 Å². The summed E-state index contributed by atoms with van der Waals surface area (Å²) in [6.45, 7) is 4.60. The van der Waals surface area contributed by atoms with E-state index in [4.69, 9.17) is 4.74 Å². The van der Waals surface area contributed by atoms with Crippen LogP contribution in [0.25, 0.3) is 0 Å². The SMILES string of the molecule is CCC1CN(C)CCc2cc(OC)c(I)cc21. The van der Waals surface area contributed by atoms with Crippen molar-refractivity contribution in [3.05, 3.63) is 26.8 Å². The van der Waals surface area contributed by atoms with Crippen LogP contribution in [-0.4, -0.2) is 32.1 Å². The van der Waals surface area contributed by atoms with Crippen molar-refractivity contribution in [3.63, 3.8) is 0 Å². The summed E-state index contributed by atoms with van der Waals surface area (Å²) in [6, 6.07) is 4.56. The Kier molecular flexibility index (Phi) is 4.31. The third-order valence-corrected chi connectivity index (χ3v) is 4.48. The second-order valence-corrected chi connectivity index (χ2v) is 5.97. The van der Waals surface area contributed by atoms with Crippen LogP contribution in [0.2, 0.25) is 0 Å². The largest absolute Gasteiger partial charge is 0.496 e. The van der Waals surface area contributed by atoms with Crippen LogP contribution in [-0.2, 0) is 6.42 Å². The van der Waals surface area contributed by atoms with Gasteiger partial charge < -0.3 is 9.64 Å². The van der Waals surface area contributed by atoms with Crippen LogP contribution in [0.15, 0.2) is 12.1 Å². The maximum atomic E-state index is 5.43. The Bertz CT molecular complexity index is 405. The van der Waals surface area contributed by atoms with E-state index in [1.165, 1.54) is 27.7 Å². The zero-order valence-corrected chi connectivity index (χ0v) is 13.0. The first-order chi connectivity index (χ1) is 8.15. The zero-order chi connectivity index (χ0) is 12.4. The van der Waals surface area contributed by atoms with Gasteiger partial charge >= 0.3 is 0 Å². The van der Waals surface area contributed by atoms with Gasteiger partial charge in [-0.3, -0.25) is 0 Å². The number of fused-ring (bicyclic) bond motifs is 1. The highest BCUT2D eigenvalue weighted by Gasteiger charge is 2.21. The summed E-state index contributed by atoms with van der Waals surface area (Å²) in [5.74, 6) is 1.68. The molecule has 94 valence electrons. The summed E-state index contributed by atoms with van der Waals surface area (Å²) in [5.41, 5.74) is 3.00. The molecule has 1 aliphatic rings. The second kappa shape index (κ2) is 5.57. The number of hydrogen-bond donors (Lipinski definition) is 0. The fourth-order valence-electron chi connectivity index (χ4n) is 2.59. The minimum absolute atomic E-state index is 0.664. The van der Waals surface area contributed by atoms with Gasteiger partial charge in [-0.05, 0) is 71.7 Å². The predicted octanol–water partition coefficient (Wildman–Crippen LogP) is 3.28. The lowest BCUT2D eigenvalue weighted by Crippen LogP contribution is -2.23. The smallest absolute Gasteiger partial charge is 0.132 e. The van der Waals surface area contributed by atoms with Gasteiger partial charge in [0.05, 0.1) is 10.7 Å². The molecule has 0 bridgehead atoms. The number of rotatable bonds is 2. The maximum absolute atomic E-state index is 5.43. The molecular weight excluding hydrogens is 325 g/mol. The first kappa shape index (κ1) is 13.1. The molecule has 0 spiro atoms. The van der Waals surface area contributed by atoms with Crippen LogP contribution < -0.4 is 4.74 Å². The van der Waals surface area contributed by atoms with Gasteiger partial charge in [0.25, 0.3) is 0 Å². The number of nitrogens with zero attached hydrogens (tertiary/aromatic N) is 1. The summed E-state index contributed by atoms with van der Waals surface area (Å²) in [6.07, 6.45) is 2.34. The first-order valence-corrected chi connectivity index (χ1v) is 7.28. The van der Waals surface area contributed by atoms with Gasteiger partial charge in [0.15, 0.2) is 0 Å². The van der Waals surface area contributed by atoms with Crippen LogP contribution in [0.4, 0.5) is 0 Å². The molecule has 0 amide bonds. The van der Waals surface area contributed by atoms with Crippen molar-refractivity contribution in [2.45, 2.75) is 25.7 Å². The standard InChI is InChI=1S/C14H20INO/c1-4-10-9-16(2)6-5-11-7-14(17-3)13(15)8-12(10)11/h7-8,10H,4-6,9H2,1-3H3. The van der Waals surface area contributed by atoms with Gasteiger partial charge in [-0.1, -0.05) is 6.92 Å². The van der Waals surface area contributed by atoms with E-state index >= 15 is 0 Å². The Morgan fingerprint density at radius 2 is 2.24 bits per heavy atom. The molecule has 0 N–H and O–H groups in total. The average molecular weight is 345 g/mol. The van der Waals surface area contributed by atoms with Gasteiger partial charge in [-0.15, -0.1) is 0 Å². The van der Waals surface area contributed by atoms with Gasteiger partial charge in [0, 0.05) is 13.1 Å². The minimum atomic E-state index is 0.664. The van der Waals surface area contributed by atoms with Crippen molar-refractivity contribution in [2.75, 3.05) is 27.2 Å². The van der Waals surface area contributed by atoms with E-state index in [9.17, 15) is 0 Å². The molecule has 0 saturated heterocycles. The lowest BCUT2D eigenvalue weighted by atomic mass is 9.92. The van der Waals surface area contributed by atoms with E-state index in [2.05, 4.69) is 53.6 Å². The maximum Gasteiger partial charge on any atom is 0.132 e. The highest BCUT2D eigenvalue weighted by Crippen LogP contribution is 2.33. The molecule has 1 atom stereocenters. The summed E-state index contributed by atoms with van der Waals surface area (Å²) < 4.78 is 6.66. The summed E-state index contributed by atoms with van der Waals surface area (Å²) in [5, 5.41) is 0.